The summed E-state index contributed by atoms with van der Waals surface area (Å²) < 4.78 is 0. The summed E-state index contributed by atoms with van der Waals surface area (Å²) in [6, 6.07) is 9.93. The molecule has 1 saturated heterocycles. The van der Waals surface area contributed by atoms with E-state index in [0.717, 1.165) is 6.42 Å². The first kappa shape index (κ1) is 9.18. The number of amides is 1. The molecule has 1 fully saturated rings. The van der Waals surface area contributed by atoms with Crippen LogP contribution in [-0.4, -0.2) is 24.1 Å². The van der Waals surface area contributed by atoms with Crippen molar-refractivity contribution >= 4 is 5.91 Å². The third kappa shape index (κ3) is 2.10. The van der Waals surface area contributed by atoms with Gasteiger partial charge in [-0.25, -0.2) is 4.89 Å². The Morgan fingerprint density at radius 1 is 1.29 bits per heavy atom. The minimum Gasteiger partial charge on any atom is -0.270 e. The van der Waals surface area contributed by atoms with Gasteiger partial charge in [0.1, 0.15) is 0 Å². The van der Waals surface area contributed by atoms with Gasteiger partial charge in [-0.1, -0.05) is 30.3 Å². The number of carbonyl (C=O) groups is 1. The second kappa shape index (κ2) is 4.21. The largest absolute Gasteiger partial charge is 0.277 e. The third-order valence-corrected chi connectivity index (χ3v) is 2.05. The zero-order valence-corrected chi connectivity index (χ0v) is 7.68. The highest BCUT2D eigenvalue weighted by molar-refractivity contribution is 5.77. The average Bonchev–Trinajstić information content (AvgIpc) is 2.63. The maximum absolute atomic E-state index is 11.1. The lowest BCUT2D eigenvalue weighted by Gasteiger charge is -2.10. The lowest BCUT2D eigenvalue weighted by Crippen LogP contribution is -2.26. The van der Waals surface area contributed by atoms with Crippen LogP contribution in [0.3, 0.4) is 0 Å². The second-order valence-electron chi connectivity index (χ2n) is 3.07. The van der Waals surface area contributed by atoms with E-state index in [-0.39, 0.29) is 12.5 Å². The molecule has 0 spiro atoms. The van der Waals surface area contributed by atoms with Crippen LogP contribution in [0.5, 0.6) is 0 Å². The average molecular weight is 193 g/mol. The number of hydrogen-bond donors (Lipinski definition) is 0. The standard InChI is InChI=1S/C10H11NO3/c12-10-8-13-14-11(10)7-6-9-4-2-1-3-5-9/h1-5H,6-8H2. The Morgan fingerprint density at radius 3 is 2.71 bits per heavy atom. The van der Waals surface area contributed by atoms with Crippen molar-refractivity contribution in [2.75, 3.05) is 13.2 Å². The first-order valence-electron chi connectivity index (χ1n) is 4.50. The zero-order valence-electron chi connectivity index (χ0n) is 7.68. The van der Waals surface area contributed by atoms with Crippen molar-refractivity contribution < 1.29 is 14.7 Å². The lowest BCUT2D eigenvalue weighted by atomic mass is 10.1. The fourth-order valence-electron chi connectivity index (χ4n) is 1.29. The Labute approximate surface area is 81.9 Å². The summed E-state index contributed by atoms with van der Waals surface area (Å²) in [4.78, 5) is 20.3. The van der Waals surface area contributed by atoms with Gasteiger partial charge < -0.3 is 0 Å². The molecule has 0 aromatic heterocycles. The molecular formula is C10H11NO3. The van der Waals surface area contributed by atoms with Gasteiger partial charge in [0.15, 0.2) is 6.61 Å². The molecule has 0 aliphatic carbocycles. The van der Waals surface area contributed by atoms with Crippen LogP contribution in [0.2, 0.25) is 0 Å². The summed E-state index contributed by atoms with van der Waals surface area (Å²) in [6.07, 6.45) is 0.774. The molecule has 14 heavy (non-hydrogen) atoms. The molecule has 1 aliphatic heterocycles. The highest BCUT2D eigenvalue weighted by atomic mass is 17.3. The molecule has 0 unspecified atom stereocenters. The molecule has 4 heteroatoms. The van der Waals surface area contributed by atoms with E-state index in [9.17, 15) is 4.79 Å². The summed E-state index contributed by atoms with van der Waals surface area (Å²) in [5.41, 5.74) is 1.18. The van der Waals surface area contributed by atoms with Gasteiger partial charge in [-0.3, -0.25) is 4.79 Å². The molecule has 0 N–H and O–H groups in total. The van der Waals surface area contributed by atoms with Crippen LogP contribution in [0.15, 0.2) is 30.3 Å². The van der Waals surface area contributed by atoms with Gasteiger partial charge in [0.05, 0.1) is 6.54 Å². The Hall–Kier alpha value is -1.39. The van der Waals surface area contributed by atoms with Gasteiger partial charge in [-0.05, 0) is 12.0 Å². The van der Waals surface area contributed by atoms with E-state index < -0.39 is 0 Å². The quantitative estimate of drug-likeness (QED) is 0.670. The summed E-state index contributed by atoms with van der Waals surface area (Å²) in [5.74, 6) is -0.124. The number of rotatable bonds is 3. The molecule has 0 bridgehead atoms. The summed E-state index contributed by atoms with van der Waals surface area (Å²) >= 11 is 0. The SMILES string of the molecule is O=C1COON1CCc1ccccc1. The van der Waals surface area contributed by atoms with Crippen LogP contribution in [-0.2, 0) is 21.1 Å². The van der Waals surface area contributed by atoms with Crippen LogP contribution >= 0.6 is 0 Å². The van der Waals surface area contributed by atoms with Crippen LogP contribution in [0, 0.1) is 0 Å². The molecule has 2 rings (SSSR count). The minimum atomic E-state index is -0.124. The Kier molecular flexibility index (Phi) is 2.76. The van der Waals surface area contributed by atoms with Crippen molar-refractivity contribution in [1.29, 1.82) is 0 Å². The predicted molar refractivity (Wildman–Crippen MR) is 48.9 cm³/mol. The molecule has 1 amide bonds. The Bertz CT molecular complexity index is 312. The molecule has 1 aliphatic rings. The van der Waals surface area contributed by atoms with Crippen molar-refractivity contribution in [2.24, 2.45) is 0 Å². The van der Waals surface area contributed by atoms with Crippen molar-refractivity contribution in [2.45, 2.75) is 6.42 Å². The van der Waals surface area contributed by atoms with E-state index in [0.29, 0.717) is 6.54 Å². The highest BCUT2D eigenvalue weighted by Crippen LogP contribution is 2.06. The third-order valence-electron chi connectivity index (χ3n) is 2.05. The van der Waals surface area contributed by atoms with Crippen molar-refractivity contribution in [3.63, 3.8) is 0 Å². The van der Waals surface area contributed by atoms with E-state index in [1.165, 1.54) is 10.6 Å². The molecular weight excluding hydrogens is 182 g/mol. The predicted octanol–water partition coefficient (Wildman–Crippen LogP) is 0.934. The zero-order chi connectivity index (χ0) is 9.80. The summed E-state index contributed by atoms with van der Waals surface area (Å²) in [7, 11) is 0. The van der Waals surface area contributed by atoms with Crippen LogP contribution < -0.4 is 0 Å². The maximum atomic E-state index is 11.1. The molecule has 0 atom stereocenters. The molecule has 4 nitrogen and oxygen atoms in total. The van der Waals surface area contributed by atoms with Gasteiger partial charge in [-0.2, -0.15) is 5.06 Å². The number of hydrogen-bond acceptors (Lipinski definition) is 3. The lowest BCUT2D eigenvalue weighted by molar-refractivity contribution is -0.365. The fraction of sp³-hybridized carbons (Fsp3) is 0.300. The first-order valence-corrected chi connectivity index (χ1v) is 4.50. The van der Waals surface area contributed by atoms with Gasteiger partial charge in [0, 0.05) is 0 Å². The Balaban J connectivity index is 1.85. The summed E-state index contributed by atoms with van der Waals surface area (Å²) in [6.45, 7) is 0.553. The molecule has 0 saturated carbocycles. The highest BCUT2D eigenvalue weighted by Gasteiger charge is 2.22. The monoisotopic (exact) mass is 193 g/mol. The second-order valence-corrected chi connectivity index (χ2v) is 3.07. The Morgan fingerprint density at radius 2 is 2.07 bits per heavy atom. The number of hydroxylamine groups is 2. The van der Waals surface area contributed by atoms with Crippen molar-refractivity contribution in [3.8, 4) is 0 Å². The van der Waals surface area contributed by atoms with E-state index in [1.54, 1.807) is 0 Å². The normalized spacial score (nSPS) is 16.3. The molecule has 0 radical (unpaired) electrons. The van der Waals surface area contributed by atoms with Gasteiger partial charge in [0.25, 0.3) is 5.91 Å². The van der Waals surface area contributed by atoms with Gasteiger partial charge in [-0.15, -0.1) is 4.99 Å². The number of benzene rings is 1. The molecule has 74 valence electrons. The molecule has 1 heterocycles. The number of carbonyl (C=O) groups excluding carboxylic acids is 1. The van der Waals surface area contributed by atoms with E-state index in [1.807, 2.05) is 30.3 Å². The van der Waals surface area contributed by atoms with E-state index in [2.05, 4.69) is 9.88 Å². The number of nitrogens with zero attached hydrogens (tertiary/aromatic N) is 1. The maximum Gasteiger partial charge on any atom is 0.277 e. The smallest absolute Gasteiger partial charge is 0.270 e. The van der Waals surface area contributed by atoms with Gasteiger partial charge in [0.2, 0.25) is 0 Å². The molecule has 1 aromatic rings. The van der Waals surface area contributed by atoms with E-state index in [4.69, 9.17) is 0 Å². The van der Waals surface area contributed by atoms with Crippen LogP contribution in [0.4, 0.5) is 0 Å². The topological polar surface area (TPSA) is 38.8 Å². The van der Waals surface area contributed by atoms with Crippen molar-refractivity contribution in [1.82, 2.24) is 5.06 Å². The summed E-state index contributed by atoms with van der Waals surface area (Å²) in [5, 5.41) is 1.24. The van der Waals surface area contributed by atoms with Gasteiger partial charge >= 0.3 is 0 Å². The molecule has 1 aromatic carbocycles. The van der Waals surface area contributed by atoms with Crippen LogP contribution in [0.25, 0.3) is 0 Å². The minimum absolute atomic E-state index is 0.0226. The van der Waals surface area contributed by atoms with E-state index >= 15 is 0 Å². The van der Waals surface area contributed by atoms with Crippen LogP contribution in [0.1, 0.15) is 5.56 Å². The van der Waals surface area contributed by atoms with Crippen molar-refractivity contribution in [3.05, 3.63) is 35.9 Å². The fourth-order valence-corrected chi connectivity index (χ4v) is 1.29. The first-order chi connectivity index (χ1) is 6.86.